The number of hydrogen-bond acceptors (Lipinski definition) is 1. The molecule has 1 aromatic rings. The molecule has 1 N–H and O–H groups in total. The van der Waals surface area contributed by atoms with E-state index in [0.717, 1.165) is 6.08 Å². The predicted molar refractivity (Wildman–Crippen MR) is 60.6 cm³/mol. The molecule has 1 atom stereocenters. The highest BCUT2D eigenvalue weighted by atomic mass is 19.4. The van der Waals surface area contributed by atoms with Crippen LogP contribution < -0.4 is 0 Å². The summed E-state index contributed by atoms with van der Waals surface area (Å²) in [6.45, 7) is 3.06. The van der Waals surface area contributed by atoms with E-state index in [1.54, 1.807) is 30.3 Å². The van der Waals surface area contributed by atoms with E-state index in [1.165, 1.54) is 13.8 Å². The number of aliphatic hydroxyl groups is 1. The van der Waals surface area contributed by atoms with Crippen molar-refractivity contribution in [3.63, 3.8) is 0 Å². The Labute approximate surface area is 98.6 Å². The van der Waals surface area contributed by atoms with E-state index in [4.69, 9.17) is 0 Å². The maximum Gasteiger partial charge on any atom is 0.421 e. The van der Waals surface area contributed by atoms with Crippen molar-refractivity contribution in [3.8, 4) is 0 Å². The molecule has 0 amide bonds. The number of benzene rings is 1. The van der Waals surface area contributed by atoms with Gasteiger partial charge >= 0.3 is 6.18 Å². The first-order valence-electron chi connectivity index (χ1n) is 5.24. The van der Waals surface area contributed by atoms with Gasteiger partial charge in [0, 0.05) is 6.42 Å². The Morgan fingerprint density at radius 3 is 2.12 bits per heavy atom. The normalized spacial score (nSPS) is 15.2. The van der Waals surface area contributed by atoms with E-state index in [2.05, 4.69) is 0 Å². The van der Waals surface area contributed by atoms with Gasteiger partial charge in [-0.2, -0.15) is 13.2 Å². The highest BCUT2D eigenvalue weighted by molar-refractivity contribution is 5.22. The van der Waals surface area contributed by atoms with Gasteiger partial charge in [0.1, 0.15) is 0 Å². The van der Waals surface area contributed by atoms with E-state index >= 15 is 0 Å². The summed E-state index contributed by atoms with van der Waals surface area (Å²) in [4.78, 5) is 0. The van der Waals surface area contributed by atoms with Gasteiger partial charge in [-0.25, -0.2) is 0 Å². The summed E-state index contributed by atoms with van der Waals surface area (Å²) in [5, 5.41) is 9.77. The predicted octanol–water partition coefficient (Wildman–Crippen LogP) is 3.49. The average Bonchev–Trinajstić information content (AvgIpc) is 2.15. The molecule has 1 unspecified atom stereocenters. The first-order chi connectivity index (χ1) is 7.74. The summed E-state index contributed by atoms with van der Waals surface area (Å²) in [6, 6.07) is 8.14. The minimum absolute atomic E-state index is 0.431. The summed E-state index contributed by atoms with van der Waals surface area (Å²) in [5.41, 5.74) is -1.92. The van der Waals surface area contributed by atoms with Crippen LogP contribution in [0.5, 0.6) is 0 Å². The Kier molecular flexibility index (Phi) is 3.98. The third kappa shape index (κ3) is 3.60. The lowest BCUT2D eigenvalue weighted by Gasteiger charge is -2.28. The second-order valence-electron chi connectivity index (χ2n) is 4.31. The zero-order valence-corrected chi connectivity index (χ0v) is 9.75. The van der Waals surface area contributed by atoms with Gasteiger partial charge in [-0.05, 0) is 25.5 Å². The summed E-state index contributed by atoms with van der Waals surface area (Å²) in [5.74, 6) is 0. The molecule has 1 aromatic carbocycles. The molecular formula is C13H15F3O. The van der Waals surface area contributed by atoms with E-state index < -0.39 is 18.2 Å². The van der Waals surface area contributed by atoms with Gasteiger partial charge in [0.25, 0.3) is 0 Å². The zero-order valence-electron chi connectivity index (χ0n) is 9.75. The quantitative estimate of drug-likeness (QED) is 0.807. The van der Waals surface area contributed by atoms with Crippen LogP contribution in [-0.4, -0.2) is 16.9 Å². The molecule has 0 fully saturated rings. The van der Waals surface area contributed by atoms with Crippen molar-refractivity contribution in [1.29, 1.82) is 0 Å². The molecular weight excluding hydrogens is 229 g/mol. The third-order valence-electron chi connectivity index (χ3n) is 2.33. The van der Waals surface area contributed by atoms with Crippen molar-refractivity contribution in [3.05, 3.63) is 47.5 Å². The standard InChI is InChI=1S/C13H15F3O/c1-10(2)8-12(17,13(14,15)16)9-11-6-4-3-5-7-11/h3-8,17H,9H2,1-2H3. The van der Waals surface area contributed by atoms with Gasteiger partial charge in [-0.3, -0.25) is 0 Å². The summed E-state index contributed by atoms with van der Waals surface area (Å²) >= 11 is 0. The summed E-state index contributed by atoms with van der Waals surface area (Å²) < 4.78 is 38.6. The van der Waals surface area contributed by atoms with Crippen LogP contribution in [0.1, 0.15) is 19.4 Å². The van der Waals surface area contributed by atoms with Crippen molar-refractivity contribution >= 4 is 0 Å². The SMILES string of the molecule is CC(C)=CC(O)(Cc1ccccc1)C(F)(F)F. The van der Waals surface area contributed by atoms with Gasteiger partial charge in [0.05, 0.1) is 0 Å². The first-order valence-corrected chi connectivity index (χ1v) is 5.24. The summed E-state index contributed by atoms with van der Waals surface area (Å²) in [6.07, 6.45) is -4.29. The lowest BCUT2D eigenvalue weighted by molar-refractivity contribution is -0.239. The fraction of sp³-hybridized carbons (Fsp3) is 0.385. The monoisotopic (exact) mass is 244 g/mol. The fourth-order valence-corrected chi connectivity index (χ4v) is 1.62. The van der Waals surface area contributed by atoms with Crippen molar-refractivity contribution in [2.24, 2.45) is 0 Å². The van der Waals surface area contributed by atoms with Crippen LogP contribution in [0.3, 0.4) is 0 Å². The lowest BCUT2D eigenvalue weighted by Crippen LogP contribution is -2.45. The van der Waals surface area contributed by atoms with Crippen molar-refractivity contribution in [2.45, 2.75) is 32.0 Å². The minimum atomic E-state index is -4.68. The topological polar surface area (TPSA) is 20.2 Å². The molecule has 0 aromatic heterocycles. The number of rotatable bonds is 3. The summed E-state index contributed by atoms with van der Waals surface area (Å²) in [7, 11) is 0. The van der Waals surface area contributed by atoms with Crippen LogP contribution in [0.15, 0.2) is 42.0 Å². The van der Waals surface area contributed by atoms with Crippen LogP contribution >= 0.6 is 0 Å². The van der Waals surface area contributed by atoms with Crippen molar-refractivity contribution < 1.29 is 18.3 Å². The third-order valence-corrected chi connectivity index (χ3v) is 2.33. The molecule has 94 valence electrons. The van der Waals surface area contributed by atoms with Gasteiger partial charge < -0.3 is 5.11 Å². The Bertz CT molecular complexity index is 391. The minimum Gasteiger partial charge on any atom is -0.376 e. The second-order valence-corrected chi connectivity index (χ2v) is 4.31. The van der Waals surface area contributed by atoms with Crippen LogP contribution in [0, 0.1) is 0 Å². The van der Waals surface area contributed by atoms with Crippen molar-refractivity contribution in [2.75, 3.05) is 0 Å². The van der Waals surface area contributed by atoms with E-state index in [-0.39, 0.29) is 0 Å². The molecule has 0 aliphatic heterocycles. The highest BCUT2D eigenvalue weighted by Gasteiger charge is 2.51. The molecule has 17 heavy (non-hydrogen) atoms. The Balaban J connectivity index is 3.05. The number of hydrogen-bond donors (Lipinski definition) is 1. The Morgan fingerprint density at radius 2 is 1.71 bits per heavy atom. The maximum atomic E-state index is 12.9. The number of alkyl halides is 3. The van der Waals surface area contributed by atoms with Gasteiger partial charge in [-0.1, -0.05) is 35.9 Å². The number of allylic oxidation sites excluding steroid dienone is 1. The number of halogens is 3. The van der Waals surface area contributed by atoms with Crippen LogP contribution in [-0.2, 0) is 6.42 Å². The fourth-order valence-electron chi connectivity index (χ4n) is 1.62. The Hall–Kier alpha value is -1.29. The molecule has 0 saturated heterocycles. The smallest absolute Gasteiger partial charge is 0.376 e. The molecule has 0 aliphatic carbocycles. The molecule has 0 aliphatic rings. The van der Waals surface area contributed by atoms with Gasteiger partial charge in [0.15, 0.2) is 5.60 Å². The zero-order chi connectivity index (χ0) is 13.1. The molecule has 4 heteroatoms. The van der Waals surface area contributed by atoms with E-state index in [9.17, 15) is 18.3 Å². The first kappa shape index (κ1) is 13.8. The molecule has 0 heterocycles. The molecule has 0 radical (unpaired) electrons. The van der Waals surface area contributed by atoms with Crippen LogP contribution in [0.25, 0.3) is 0 Å². The molecule has 1 rings (SSSR count). The largest absolute Gasteiger partial charge is 0.421 e. The average molecular weight is 244 g/mol. The molecule has 0 spiro atoms. The van der Waals surface area contributed by atoms with E-state index in [1.807, 2.05) is 0 Å². The van der Waals surface area contributed by atoms with Crippen LogP contribution in [0.4, 0.5) is 13.2 Å². The maximum absolute atomic E-state index is 12.9. The lowest BCUT2D eigenvalue weighted by atomic mass is 9.92. The molecule has 1 nitrogen and oxygen atoms in total. The molecule has 0 saturated carbocycles. The van der Waals surface area contributed by atoms with E-state index in [0.29, 0.717) is 11.1 Å². The van der Waals surface area contributed by atoms with Gasteiger partial charge in [-0.15, -0.1) is 0 Å². The van der Waals surface area contributed by atoms with Gasteiger partial charge in [0.2, 0.25) is 0 Å². The Morgan fingerprint density at radius 1 is 1.18 bits per heavy atom. The second kappa shape index (κ2) is 4.92. The molecule has 0 bridgehead atoms. The van der Waals surface area contributed by atoms with Crippen LogP contribution in [0.2, 0.25) is 0 Å². The van der Waals surface area contributed by atoms with Crippen molar-refractivity contribution in [1.82, 2.24) is 0 Å². The highest BCUT2D eigenvalue weighted by Crippen LogP contribution is 2.35.